The number of nitrogens with two attached hydrogens (primary N) is 1. The number of nitrogens with zero attached hydrogens (tertiary/aromatic N) is 1. The molecular formula is C13H17F3N2. The fourth-order valence-electron chi connectivity index (χ4n) is 2.48. The quantitative estimate of drug-likeness (QED) is 0.883. The molecule has 2 nitrogen and oxygen atoms in total. The molecule has 1 aromatic carbocycles. The maximum atomic E-state index is 12.6. The Balaban J connectivity index is 2.16. The Kier molecular flexibility index (Phi) is 3.92. The first kappa shape index (κ1) is 13.4. The SMILES string of the molecule is NC1CCN(CC(F)(F)F)[C@H](c2ccccc2)C1. The van der Waals surface area contributed by atoms with Crippen molar-refractivity contribution in [1.82, 2.24) is 4.90 Å². The molecule has 18 heavy (non-hydrogen) atoms. The molecule has 1 aromatic rings. The number of hydrogen-bond donors (Lipinski definition) is 1. The van der Waals surface area contributed by atoms with Gasteiger partial charge in [-0.1, -0.05) is 30.3 Å². The van der Waals surface area contributed by atoms with Crippen LogP contribution in [0.3, 0.4) is 0 Å². The largest absolute Gasteiger partial charge is 0.401 e. The van der Waals surface area contributed by atoms with Gasteiger partial charge in [0.25, 0.3) is 0 Å². The van der Waals surface area contributed by atoms with Crippen LogP contribution in [0.1, 0.15) is 24.4 Å². The second-order valence-corrected chi connectivity index (χ2v) is 4.80. The highest BCUT2D eigenvalue weighted by atomic mass is 19.4. The van der Waals surface area contributed by atoms with Gasteiger partial charge in [-0.05, 0) is 18.4 Å². The second-order valence-electron chi connectivity index (χ2n) is 4.80. The van der Waals surface area contributed by atoms with E-state index in [-0.39, 0.29) is 12.1 Å². The summed E-state index contributed by atoms with van der Waals surface area (Å²) in [4.78, 5) is 1.48. The van der Waals surface area contributed by atoms with Gasteiger partial charge in [0.15, 0.2) is 0 Å². The van der Waals surface area contributed by atoms with E-state index in [9.17, 15) is 13.2 Å². The molecule has 1 fully saturated rings. The molecule has 0 amide bonds. The standard InChI is InChI=1S/C13H17F3N2/c14-13(15,16)9-18-7-6-11(17)8-12(18)10-4-2-1-3-5-10/h1-5,11-12H,6-9,17H2/t11?,12-/m0/s1. The summed E-state index contributed by atoms with van der Waals surface area (Å²) in [5, 5.41) is 0. The summed E-state index contributed by atoms with van der Waals surface area (Å²) in [6, 6.07) is 9.05. The zero-order valence-electron chi connectivity index (χ0n) is 10.0. The predicted octanol–water partition coefficient (Wildman–Crippen LogP) is 2.71. The molecule has 2 N–H and O–H groups in total. The summed E-state index contributed by atoms with van der Waals surface area (Å²) in [6.45, 7) is -0.459. The van der Waals surface area contributed by atoms with E-state index >= 15 is 0 Å². The van der Waals surface area contributed by atoms with Crippen LogP contribution in [0, 0.1) is 0 Å². The maximum Gasteiger partial charge on any atom is 0.401 e. The third-order valence-electron chi connectivity index (χ3n) is 3.32. The Labute approximate surface area is 105 Å². The summed E-state index contributed by atoms with van der Waals surface area (Å²) in [6.07, 6.45) is -2.95. The van der Waals surface area contributed by atoms with Gasteiger partial charge in [-0.3, -0.25) is 4.90 Å². The summed E-state index contributed by atoms with van der Waals surface area (Å²) < 4.78 is 37.7. The van der Waals surface area contributed by atoms with E-state index in [2.05, 4.69) is 0 Å². The molecule has 100 valence electrons. The van der Waals surface area contributed by atoms with Crippen LogP contribution in [0.15, 0.2) is 30.3 Å². The van der Waals surface area contributed by atoms with Crippen molar-refractivity contribution >= 4 is 0 Å². The van der Waals surface area contributed by atoms with Gasteiger partial charge in [0.1, 0.15) is 0 Å². The molecular weight excluding hydrogens is 241 g/mol. The molecule has 0 saturated carbocycles. The van der Waals surface area contributed by atoms with E-state index in [1.54, 1.807) is 0 Å². The van der Waals surface area contributed by atoms with Crippen LogP contribution < -0.4 is 5.73 Å². The van der Waals surface area contributed by atoms with Gasteiger partial charge >= 0.3 is 6.18 Å². The Morgan fingerprint density at radius 2 is 1.89 bits per heavy atom. The Morgan fingerprint density at radius 1 is 1.22 bits per heavy atom. The van der Waals surface area contributed by atoms with Crippen LogP contribution >= 0.6 is 0 Å². The van der Waals surface area contributed by atoms with Crippen molar-refractivity contribution in [2.24, 2.45) is 5.73 Å². The van der Waals surface area contributed by atoms with Gasteiger partial charge in [-0.25, -0.2) is 0 Å². The molecule has 2 rings (SSSR count). The van der Waals surface area contributed by atoms with Crippen LogP contribution in [-0.4, -0.2) is 30.2 Å². The Bertz CT molecular complexity index is 378. The predicted molar refractivity (Wildman–Crippen MR) is 64.0 cm³/mol. The lowest BCUT2D eigenvalue weighted by atomic mass is 9.92. The first-order valence-corrected chi connectivity index (χ1v) is 6.07. The molecule has 0 spiro atoms. The maximum absolute atomic E-state index is 12.6. The third-order valence-corrected chi connectivity index (χ3v) is 3.32. The second kappa shape index (κ2) is 5.28. The van der Waals surface area contributed by atoms with Gasteiger partial charge < -0.3 is 5.73 Å². The van der Waals surface area contributed by atoms with Crippen LogP contribution in [0.25, 0.3) is 0 Å². The lowest BCUT2D eigenvalue weighted by Gasteiger charge is -2.39. The minimum Gasteiger partial charge on any atom is -0.328 e. The Morgan fingerprint density at radius 3 is 2.50 bits per heavy atom. The van der Waals surface area contributed by atoms with E-state index in [0.717, 1.165) is 5.56 Å². The van der Waals surface area contributed by atoms with Crippen LogP contribution in [0.4, 0.5) is 13.2 Å². The molecule has 0 radical (unpaired) electrons. The van der Waals surface area contributed by atoms with Crippen molar-refractivity contribution in [3.05, 3.63) is 35.9 Å². The lowest BCUT2D eigenvalue weighted by molar-refractivity contribution is -0.154. The number of piperidine rings is 1. The summed E-state index contributed by atoms with van der Waals surface area (Å²) in [5.41, 5.74) is 6.79. The molecule has 2 atom stereocenters. The highest BCUT2D eigenvalue weighted by Crippen LogP contribution is 2.32. The number of benzene rings is 1. The highest BCUT2D eigenvalue weighted by molar-refractivity contribution is 5.20. The minimum absolute atomic E-state index is 0.0142. The summed E-state index contributed by atoms with van der Waals surface area (Å²) >= 11 is 0. The van der Waals surface area contributed by atoms with Crippen LogP contribution in [-0.2, 0) is 0 Å². The van der Waals surface area contributed by atoms with Crippen molar-refractivity contribution in [3.8, 4) is 0 Å². The van der Waals surface area contributed by atoms with Crippen molar-refractivity contribution in [2.75, 3.05) is 13.1 Å². The molecule has 1 saturated heterocycles. The molecule has 0 bridgehead atoms. The molecule has 0 aromatic heterocycles. The van der Waals surface area contributed by atoms with E-state index in [1.807, 2.05) is 30.3 Å². The molecule has 1 aliphatic rings. The van der Waals surface area contributed by atoms with Crippen LogP contribution in [0.2, 0.25) is 0 Å². The zero-order valence-corrected chi connectivity index (χ0v) is 10.0. The summed E-state index contributed by atoms with van der Waals surface area (Å²) in [5.74, 6) is 0. The van der Waals surface area contributed by atoms with Gasteiger partial charge in [0, 0.05) is 18.6 Å². The number of alkyl halides is 3. The van der Waals surface area contributed by atoms with Crippen molar-refractivity contribution < 1.29 is 13.2 Å². The fourth-order valence-corrected chi connectivity index (χ4v) is 2.48. The van der Waals surface area contributed by atoms with Crippen molar-refractivity contribution in [3.63, 3.8) is 0 Å². The molecule has 0 aliphatic carbocycles. The molecule has 5 heteroatoms. The zero-order chi connectivity index (χ0) is 13.2. The molecule has 1 aliphatic heterocycles. The van der Waals surface area contributed by atoms with E-state index < -0.39 is 12.7 Å². The van der Waals surface area contributed by atoms with Gasteiger partial charge in [-0.2, -0.15) is 13.2 Å². The monoisotopic (exact) mass is 258 g/mol. The Hall–Kier alpha value is -1.07. The normalized spacial score (nSPS) is 26.2. The number of rotatable bonds is 2. The van der Waals surface area contributed by atoms with Crippen LogP contribution in [0.5, 0.6) is 0 Å². The lowest BCUT2D eigenvalue weighted by Crippen LogP contribution is -2.45. The van der Waals surface area contributed by atoms with E-state index in [0.29, 0.717) is 19.4 Å². The van der Waals surface area contributed by atoms with E-state index in [4.69, 9.17) is 5.73 Å². The van der Waals surface area contributed by atoms with Gasteiger partial charge in [-0.15, -0.1) is 0 Å². The highest BCUT2D eigenvalue weighted by Gasteiger charge is 2.36. The third kappa shape index (κ3) is 3.46. The minimum atomic E-state index is -4.16. The smallest absolute Gasteiger partial charge is 0.328 e. The van der Waals surface area contributed by atoms with Gasteiger partial charge in [0.05, 0.1) is 6.54 Å². The van der Waals surface area contributed by atoms with Crippen molar-refractivity contribution in [1.29, 1.82) is 0 Å². The average Bonchev–Trinajstić information content (AvgIpc) is 2.31. The first-order chi connectivity index (χ1) is 8.46. The number of hydrogen-bond acceptors (Lipinski definition) is 2. The number of likely N-dealkylation sites (tertiary alicyclic amines) is 1. The topological polar surface area (TPSA) is 29.3 Å². The van der Waals surface area contributed by atoms with Gasteiger partial charge in [0.2, 0.25) is 0 Å². The first-order valence-electron chi connectivity index (χ1n) is 6.07. The molecule has 1 heterocycles. The summed E-state index contributed by atoms with van der Waals surface area (Å²) in [7, 11) is 0. The van der Waals surface area contributed by atoms with E-state index in [1.165, 1.54) is 4.90 Å². The molecule has 1 unspecified atom stereocenters. The fraction of sp³-hybridized carbons (Fsp3) is 0.538. The number of halogens is 3. The average molecular weight is 258 g/mol. The van der Waals surface area contributed by atoms with Crippen molar-refractivity contribution in [2.45, 2.75) is 31.1 Å².